The van der Waals surface area contributed by atoms with Crippen molar-refractivity contribution >= 4 is 86.3 Å². The van der Waals surface area contributed by atoms with Crippen molar-refractivity contribution < 1.29 is 23.9 Å². The van der Waals surface area contributed by atoms with Gasteiger partial charge in [0.05, 0.1) is 31.0 Å². The number of nitrogens with zero attached hydrogens (tertiary/aromatic N) is 8. The zero-order valence-electron chi connectivity index (χ0n) is 40.7. The molecule has 2 aliphatic rings. The van der Waals surface area contributed by atoms with E-state index in [-0.39, 0.29) is 42.4 Å². The number of amides is 3. The number of halogens is 2. The lowest BCUT2D eigenvalue weighted by Crippen LogP contribution is -2.41. The maximum Gasteiger partial charge on any atom is 0.293 e. The predicted molar refractivity (Wildman–Crippen MR) is 278 cm³/mol. The molecule has 0 saturated carbocycles. The molecular formula is C50H58Cl2N12O6S. The lowest BCUT2D eigenvalue weighted by molar-refractivity contribution is -0.125. The molecule has 8 rings (SSSR count). The Labute approximate surface area is 425 Å². The van der Waals surface area contributed by atoms with Crippen molar-refractivity contribution in [2.75, 3.05) is 57.2 Å². The van der Waals surface area contributed by atoms with E-state index in [0.29, 0.717) is 89.0 Å². The van der Waals surface area contributed by atoms with Crippen molar-refractivity contribution in [1.82, 2.24) is 45.2 Å². The molecule has 2 aromatic carbocycles. The van der Waals surface area contributed by atoms with E-state index in [4.69, 9.17) is 42.7 Å². The lowest BCUT2D eigenvalue weighted by atomic mass is 9.96. The molecule has 6 aromatic rings. The first-order valence-electron chi connectivity index (χ1n) is 23.7. The van der Waals surface area contributed by atoms with Gasteiger partial charge in [-0.3, -0.25) is 28.7 Å². The summed E-state index contributed by atoms with van der Waals surface area (Å²) in [4.78, 5) is 69.0. The van der Waals surface area contributed by atoms with E-state index in [1.165, 1.54) is 29.8 Å². The minimum atomic E-state index is -0.519. The third kappa shape index (κ3) is 11.5. The van der Waals surface area contributed by atoms with Gasteiger partial charge in [-0.25, -0.2) is 4.98 Å². The number of pyridine rings is 1. The molecular weight excluding hydrogens is 968 g/mol. The number of piperidine rings is 1. The van der Waals surface area contributed by atoms with Crippen molar-refractivity contribution in [2.45, 2.75) is 78.2 Å². The molecule has 0 spiro atoms. The number of unbranched alkanes of at least 4 members (excludes halogenated alkanes) is 4. The predicted octanol–water partition coefficient (Wildman–Crippen LogP) is 7.46. The molecule has 1 fully saturated rings. The summed E-state index contributed by atoms with van der Waals surface area (Å²) in [6.07, 6.45) is 7.64. The number of nitrogens with one attached hydrogen (secondary N) is 4. The first kappa shape index (κ1) is 50.8. The standard InChI is InChI=1S/C50H58Cl2N12O6S/c1-28-29(2)71-49-42(28)43(31-12-14-34(51)15-13-31)58-37(46-61-60-30(3)64(46)49)25-40(65)54-18-10-8-7-9-11-19-55-47(67)32-16-20-63(21-17-32)50-56-26-36(52)45(59-50)57-35-22-33-23-39(70-27-41(66)53-4)48(68)62(5)44(33)38(24-35)69-6/h12-15,22-24,26,32,37H,7-11,16-21,25,27H2,1-6H3,(H,53,66)(H,54,65)(H,55,67)(H,56,57,59)/t37-/m1/s1. The molecule has 4 N–H and O–H groups in total. The Hall–Kier alpha value is -6.57. The largest absolute Gasteiger partial charge is 0.494 e. The molecule has 0 bridgehead atoms. The van der Waals surface area contributed by atoms with Crippen molar-refractivity contribution in [3.63, 3.8) is 0 Å². The molecule has 1 atom stereocenters. The highest BCUT2D eigenvalue weighted by molar-refractivity contribution is 7.15. The molecule has 3 amide bonds. The van der Waals surface area contributed by atoms with E-state index < -0.39 is 11.6 Å². The number of benzene rings is 2. The van der Waals surface area contributed by atoms with E-state index >= 15 is 0 Å². The van der Waals surface area contributed by atoms with E-state index in [2.05, 4.69) is 54.9 Å². The van der Waals surface area contributed by atoms with E-state index in [1.54, 1.807) is 36.6 Å². The van der Waals surface area contributed by atoms with Gasteiger partial charge in [-0.05, 0) is 76.3 Å². The summed E-state index contributed by atoms with van der Waals surface area (Å²) in [5.41, 5.74) is 4.64. The van der Waals surface area contributed by atoms with Crippen molar-refractivity contribution in [2.24, 2.45) is 18.0 Å². The number of anilines is 3. The summed E-state index contributed by atoms with van der Waals surface area (Å²) in [5.74, 6) is 2.20. The van der Waals surface area contributed by atoms with Crippen LogP contribution in [0.5, 0.6) is 11.5 Å². The second-order valence-electron chi connectivity index (χ2n) is 17.7. The quantitative estimate of drug-likeness (QED) is 0.0583. The van der Waals surface area contributed by atoms with Crippen LogP contribution in [0.3, 0.4) is 0 Å². The molecule has 0 unspecified atom stereocenters. The van der Waals surface area contributed by atoms with E-state index in [9.17, 15) is 19.2 Å². The number of aryl methyl sites for hydroxylation is 3. The van der Waals surface area contributed by atoms with Crippen LogP contribution in [0, 0.1) is 26.7 Å². The number of carbonyl (C=O) groups is 3. The smallest absolute Gasteiger partial charge is 0.293 e. The summed E-state index contributed by atoms with van der Waals surface area (Å²) >= 11 is 14.5. The van der Waals surface area contributed by atoms with Gasteiger partial charge in [0.2, 0.25) is 17.8 Å². The fourth-order valence-corrected chi connectivity index (χ4v) is 10.4. The minimum Gasteiger partial charge on any atom is -0.494 e. The zero-order valence-corrected chi connectivity index (χ0v) is 43.0. The van der Waals surface area contributed by atoms with Gasteiger partial charge >= 0.3 is 0 Å². The first-order valence-corrected chi connectivity index (χ1v) is 25.3. The van der Waals surface area contributed by atoms with Crippen LogP contribution >= 0.6 is 34.5 Å². The molecule has 374 valence electrons. The monoisotopic (exact) mass is 1020 g/mol. The Morgan fingerprint density at radius 2 is 1.62 bits per heavy atom. The van der Waals surface area contributed by atoms with Crippen LogP contribution in [0.1, 0.15) is 90.6 Å². The summed E-state index contributed by atoms with van der Waals surface area (Å²) in [5, 5.41) is 23.5. The zero-order chi connectivity index (χ0) is 50.3. The molecule has 71 heavy (non-hydrogen) atoms. The highest BCUT2D eigenvalue weighted by Gasteiger charge is 2.33. The van der Waals surface area contributed by atoms with Crippen LogP contribution in [0.25, 0.3) is 15.9 Å². The van der Waals surface area contributed by atoms with Crippen molar-refractivity contribution in [1.29, 1.82) is 0 Å². The minimum absolute atomic E-state index is 0.0175. The van der Waals surface area contributed by atoms with Crippen molar-refractivity contribution in [3.8, 4) is 16.5 Å². The van der Waals surface area contributed by atoms with Crippen LogP contribution in [-0.4, -0.2) is 99.7 Å². The Morgan fingerprint density at radius 1 is 0.901 bits per heavy atom. The van der Waals surface area contributed by atoms with Crippen LogP contribution in [-0.2, 0) is 21.4 Å². The molecule has 2 aliphatic heterocycles. The Bertz CT molecular complexity index is 3040. The lowest BCUT2D eigenvalue weighted by Gasteiger charge is -2.31. The SMILES string of the molecule is CNC(=O)COc1cc2cc(Nc3nc(N4CCC(C(=O)NCCCCCCCNC(=O)C[C@H]5N=C(c6ccc(Cl)cc6)c6c(sc(C)c6C)-n6c(C)nnc65)CC4)ncc3Cl)cc(OC)c2n(C)c1=O. The number of fused-ring (bicyclic) bond motifs is 4. The average Bonchev–Trinajstić information content (AvgIpc) is 3.85. The maximum atomic E-state index is 13.4. The Kier molecular flexibility index (Phi) is 16.2. The number of carbonyl (C=O) groups excluding carboxylic acids is 3. The molecule has 0 radical (unpaired) electrons. The van der Waals surface area contributed by atoms with E-state index in [1.807, 2.05) is 36.1 Å². The van der Waals surface area contributed by atoms with Crippen LogP contribution in [0.4, 0.5) is 17.5 Å². The fraction of sp³-hybridized carbons (Fsp3) is 0.420. The summed E-state index contributed by atoms with van der Waals surface area (Å²) < 4.78 is 14.7. The number of aliphatic imine (C=N–C) groups is 1. The molecule has 21 heteroatoms. The second-order valence-corrected chi connectivity index (χ2v) is 19.8. The number of rotatable bonds is 19. The number of aromatic nitrogens is 6. The van der Waals surface area contributed by atoms with Gasteiger partial charge in [-0.15, -0.1) is 21.5 Å². The van der Waals surface area contributed by atoms with E-state index in [0.717, 1.165) is 65.3 Å². The molecule has 4 aromatic heterocycles. The molecule has 6 heterocycles. The number of thiophene rings is 1. The summed E-state index contributed by atoms with van der Waals surface area (Å²) in [6, 6.07) is 12.2. The summed E-state index contributed by atoms with van der Waals surface area (Å²) in [6.45, 7) is 8.20. The number of hydrogen-bond acceptors (Lipinski definition) is 14. The van der Waals surface area contributed by atoms with Gasteiger partial charge in [-0.2, -0.15) is 4.98 Å². The van der Waals surface area contributed by atoms with Gasteiger partial charge < -0.3 is 40.2 Å². The van der Waals surface area contributed by atoms with Gasteiger partial charge in [0.25, 0.3) is 11.5 Å². The first-order chi connectivity index (χ1) is 34.2. The molecule has 1 saturated heterocycles. The third-order valence-corrected chi connectivity index (χ3v) is 14.7. The van der Waals surface area contributed by atoms with Gasteiger partial charge in [0.15, 0.2) is 24.0 Å². The normalized spacial score (nSPS) is 14.6. The Balaban J connectivity index is 0.762. The van der Waals surface area contributed by atoms with Crippen LogP contribution < -0.4 is 41.2 Å². The third-order valence-electron chi connectivity index (χ3n) is 13.0. The van der Waals surface area contributed by atoms with Gasteiger partial charge in [0.1, 0.15) is 27.6 Å². The fourth-order valence-electron chi connectivity index (χ4n) is 8.94. The number of hydrogen-bond donors (Lipinski definition) is 4. The molecule has 0 aliphatic carbocycles. The number of ether oxygens (including phenoxy) is 2. The highest BCUT2D eigenvalue weighted by Crippen LogP contribution is 2.40. The van der Waals surface area contributed by atoms with Crippen LogP contribution in [0.2, 0.25) is 10.0 Å². The number of likely N-dealkylation sites (N-methyl/N-ethyl adjacent to an activating group) is 1. The van der Waals surface area contributed by atoms with Crippen molar-refractivity contribution in [3.05, 3.63) is 102 Å². The van der Waals surface area contributed by atoms with Crippen LogP contribution in [0.15, 0.2) is 58.4 Å². The summed E-state index contributed by atoms with van der Waals surface area (Å²) in [7, 11) is 4.61. The topological polar surface area (TPSA) is 212 Å². The van der Waals surface area contributed by atoms with Gasteiger partial charge in [0, 0.05) is 84.4 Å². The maximum absolute atomic E-state index is 13.4. The van der Waals surface area contributed by atoms with Gasteiger partial charge in [-0.1, -0.05) is 54.6 Å². The second kappa shape index (κ2) is 22.7. The highest BCUT2D eigenvalue weighted by atomic mass is 35.5. The Morgan fingerprint density at radius 3 is 2.34 bits per heavy atom. The molecule has 18 nitrogen and oxygen atoms in total. The number of methoxy groups -OCH3 is 1. The average molecular weight is 1030 g/mol.